The highest BCUT2D eigenvalue weighted by Gasteiger charge is 2.33. The van der Waals surface area contributed by atoms with Gasteiger partial charge >= 0.3 is 0 Å². The molecule has 0 spiro atoms. The fourth-order valence-corrected chi connectivity index (χ4v) is 6.34. The number of carbonyl (C=O) groups excluding carboxylic acids is 2. The molecule has 3 N–H and O–H groups in total. The van der Waals surface area contributed by atoms with E-state index in [2.05, 4.69) is 70.7 Å². The molecule has 2 aliphatic rings. The third kappa shape index (κ3) is 6.24. The van der Waals surface area contributed by atoms with E-state index in [1.54, 1.807) is 11.8 Å². The van der Waals surface area contributed by atoms with Crippen LogP contribution in [0.15, 0.2) is 83.8 Å². The van der Waals surface area contributed by atoms with Gasteiger partial charge in [0.2, 0.25) is 5.91 Å². The predicted molar refractivity (Wildman–Crippen MR) is 156 cm³/mol. The SMILES string of the molecule is CSc1ccc([C@@H]2Nc3ccccc3C[C@@H]2CCNC(=O)[C@H]2CCCC[C@H]2NC(=O)c2ccccc2)cc1. The molecule has 2 amide bonds. The van der Waals surface area contributed by atoms with E-state index in [-0.39, 0.29) is 29.8 Å². The molecule has 1 saturated carbocycles. The third-order valence-corrected chi connectivity index (χ3v) is 8.77. The van der Waals surface area contributed by atoms with E-state index in [0.717, 1.165) is 38.5 Å². The summed E-state index contributed by atoms with van der Waals surface area (Å²) in [6.45, 7) is 0.628. The van der Waals surface area contributed by atoms with Gasteiger partial charge in [0.1, 0.15) is 0 Å². The Hall–Kier alpha value is -3.25. The van der Waals surface area contributed by atoms with Gasteiger partial charge in [0.05, 0.1) is 12.0 Å². The Kier molecular flexibility index (Phi) is 8.69. The van der Waals surface area contributed by atoms with Crippen LogP contribution < -0.4 is 16.0 Å². The summed E-state index contributed by atoms with van der Waals surface area (Å²) in [7, 11) is 0. The van der Waals surface area contributed by atoms with Crippen molar-refractivity contribution in [3.05, 3.63) is 95.6 Å². The van der Waals surface area contributed by atoms with E-state index in [0.29, 0.717) is 18.0 Å². The Morgan fingerprint density at radius 2 is 1.66 bits per heavy atom. The zero-order valence-electron chi connectivity index (χ0n) is 22.0. The number of anilines is 1. The van der Waals surface area contributed by atoms with E-state index in [1.807, 2.05) is 30.3 Å². The second kappa shape index (κ2) is 12.5. The Balaban J connectivity index is 1.22. The minimum Gasteiger partial charge on any atom is -0.378 e. The Labute approximate surface area is 230 Å². The van der Waals surface area contributed by atoms with Gasteiger partial charge in [-0.25, -0.2) is 0 Å². The summed E-state index contributed by atoms with van der Waals surface area (Å²) in [6, 6.07) is 26.7. The van der Waals surface area contributed by atoms with Gasteiger partial charge in [-0.2, -0.15) is 0 Å². The van der Waals surface area contributed by atoms with Crippen molar-refractivity contribution in [2.75, 3.05) is 18.1 Å². The fraction of sp³-hybridized carbons (Fsp3) is 0.375. The molecule has 0 bridgehead atoms. The molecule has 1 heterocycles. The highest BCUT2D eigenvalue weighted by molar-refractivity contribution is 7.98. The van der Waals surface area contributed by atoms with Crippen LogP contribution >= 0.6 is 11.8 Å². The first-order chi connectivity index (χ1) is 18.6. The van der Waals surface area contributed by atoms with Crippen LogP contribution in [-0.2, 0) is 11.2 Å². The molecule has 1 aliphatic carbocycles. The molecule has 1 fully saturated rings. The largest absolute Gasteiger partial charge is 0.378 e. The number of nitrogens with one attached hydrogen (secondary N) is 3. The molecule has 5 rings (SSSR count). The number of para-hydroxylation sites is 1. The highest BCUT2D eigenvalue weighted by atomic mass is 32.2. The molecule has 3 aromatic carbocycles. The van der Waals surface area contributed by atoms with E-state index < -0.39 is 0 Å². The second-order valence-corrected chi connectivity index (χ2v) is 11.3. The van der Waals surface area contributed by atoms with Crippen molar-refractivity contribution < 1.29 is 9.59 Å². The number of fused-ring (bicyclic) bond motifs is 1. The van der Waals surface area contributed by atoms with Crippen molar-refractivity contribution in [2.45, 2.75) is 55.5 Å². The van der Waals surface area contributed by atoms with Crippen LogP contribution in [0.5, 0.6) is 0 Å². The van der Waals surface area contributed by atoms with Crippen molar-refractivity contribution in [3.63, 3.8) is 0 Å². The molecule has 0 saturated heterocycles. The zero-order valence-corrected chi connectivity index (χ0v) is 22.8. The van der Waals surface area contributed by atoms with Crippen LogP contribution in [-0.4, -0.2) is 30.7 Å². The molecule has 3 aromatic rings. The van der Waals surface area contributed by atoms with Gasteiger partial charge in [-0.05, 0) is 79.3 Å². The van der Waals surface area contributed by atoms with Crippen molar-refractivity contribution >= 4 is 29.3 Å². The van der Waals surface area contributed by atoms with E-state index in [4.69, 9.17) is 0 Å². The van der Waals surface area contributed by atoms with Crippen molar-refractivity contribution in [1.82, 2.24) is 10.6 Å². The first-order valence-corrected chi connectivity index (χ1v) is 15.0. The van der Waals surface area contributed by atoms with Crippen molar-refractivity contribution in [3.8, 4) is 0 Å². The highest BCUT2D eigenvalue weighted by Crippen LogP contribution is 2.38. The second-order valence-electron chi connectivity index (χ2n) is 10.4. The van der Waals surface area contributed by atoms with Crippen molar-refractivity contribution in [1.29, 1.82) is 0 Å². The lowest BCUT2D eigenvalue weighted by molar-refractivity contribution is -0.126. The lowest BCUT2D eigenvalue weighted by Gasteiger charge is -2.36. The van der Waals surface area contributed by atoms with E-state index >= 15 is 0 Å². The molecule has 4 atom stereocenters. The number of rotatable bonds is 8. The summed E-state index contributed by atoms with van der Waals surface area (Å²) in [5.74, 6) is 0.146. The number of hydrogen-bond acceptors (Lipinski definition) is 4. The maximum absolute atomic E-state index is 13.3. The lowest BCUT2D eigenvalue weighted by atomic mass is 9.81. The lowest BCUT2D eigenvalue weighted by Crippen LogP contribution is -2.48. The van der Waals surface area contributed by atoms with Gasteiger partial charge in [0, 0.05) is 28.7 Å². The van der Waals surface area contributed by atoms with E-state index in [9.17, 15) is 9.59 Å². The molecule has 0 unspecified atom stereocenters. The monoisotopic (exact) mass is 527 g/mol. The molecule has 198 valence electrons. The van der Waals surface area contributed by atoms with Crippen molar-refractivity contribution in [2.24, 2.45) is 11.8 Å². The third-order valence-electron chi connectivity index (χ3n) is 8.03. The Morgan fingerprint density at radius 1 is 0.921 bits per heavy atom. The average Bonchev–Trinajstić information content (AvgIpc) is 2.97. The molecule has 0 aromatic heterocycles. The minimum absolute atomic E-state index is 0.0631. The summed E-state index contributed by atoms with van der Waals surface area (Å²) < 4.78 is 0. The summed E-state index contributed by atoms with van der Waals surface area (Å²) in [5.41, 5.74) is 4.45. The van der Waals surface area contributed by atoms with Gasteiger partial charge in [-0.1, -0.05) is 61.4 Å². The van der Waals surface area contributed by atoms with Crippen LogP contribution in [0.25, 0.3) is 0 Å². The topological polar surface area (TPSA) is 70.2 Å². The molecule has 5 nitrogen and oxygen atoms in total. The maximum Gasteiger partial charge on any atom is 0.251 e. The molecule has 0 radical (unpaired) electrons. The smallest absolute Gasteiger partial charge is 0.251 e. The minimum atomic E-state index is -0.184. The molecule has 1 aliphatic heterocycles. The molecule has 6 heteroatoms. The number of carbonyl (C=O) groups is 2. The number of thioether (sulfide) groups is 1. The van der Waals surface area contributed by atoms with Crippen LogP contribution in [0.2, 0.25) is 0 Å². The number of benzene rings is 3. The molecule has 38 heavy (non-hydrogen) atoms. The van der Waals surface area contributed by atoms with Crippen LogP contribution in [0.4, 0.5) is 5.69 Å². The average molecular weight is 528 g/mol. The molecular weight excluding hydrogens is 490 g/mol. The zero-order chi connectivity index (χ0) is 26.3. The first-order valence-electron chi connectivity index (χ1n) is 13.7. The Bertz CT molecular complexity index is 1230. The number of hydrogen-bond donors (Lipinski definition) is 3. The summed E-state index contributed by atoms with van der Waals surface area (Å²) in [5, 5.41) is 10.2. The van der Waals surface area contributed by atoms with Crippen LogP contribution in [0.3, 0.4) is 0 Å². The summed E-state index contributed by atoms with van der Waals surface area (Å²) >= 11 is 1.75. The van der Waals surface area contributed by atoms with Gasteiger partial charge in [0.15, 0.2) is 0 Å². The molecular formula is C32H37N3O2S. The quantitative estimate of drug-likeness (QED) is 0.304. The van der Waals surface area contributed by atoms with Crippen LogP contribution in [0, 0.1) is 11.8 Å². The normalized spacial score (nSPS) is 22.6. The van der Waals surface area contributed by atoms with E-state index in [1.165, 1.54) is 21.7 Å². The van der Waals surface area contributed by atoms with Gasteiger partial charge in [-0.15, -0.1) is 11.8 Å². The fourth-order valence-electron chi connectivity index (χ4n) is 5.93. The standard InChI is InChI=1S/C32H37N3O2S/c1-38-26-17-15-22(16-18-26)30-25(21-24-11-5-7-13-28(24)34-30)19-20-33-32(37)27-12-6-8-14-29(27)35-31(36)23-9-3-2-4-10-23/h2-5,7,9-11,13,15-18,25,27,29-30,34H,6,8,12,14,19-21H2,1H3,(H,33,37)(H,35,36)/t25-,27-,29+,30-/m0/s1. The van der Waals surface area contributed by atoms with Gasteiger partial charge in [-0.3, -0.25) is 9.59 Å². The summed E-state index contributed by atoms with van der Waals surface area (Å²) in [4.78, 5) is 27.3. The van der Waals surface area contributed by atoms with Gasteiger partial charge < -0.3 is 16.0 Å². The predicted octanol–water partition coefficient (Wildman–Crippen LogP) is 6.23. The van der Waals surface area contributed by atoms with Crippen LogP contribution in [0.1, 0.15) is 59.6 Å². The Morgan fingerprint density at radius 3 is 2.45 bits per heavy atom. The maximum atomic E-state index is 13.3. The number of amides is 2. The first kappa shape index (κ1) is 26.4. The summed E-state index contributed by atoms with van der Waals surface area (Å²) in [6.07, 6.45) is 7.67. The van der Waals surface area contributed by atoms with Gasteiger partial charge in [0.25, 0.3) is 5.91 Å².